The fraction of sp³-hybridized carbons (Fsp3) is 0.619. The highest BCUT2D eigenvalue weighted by Crippen LogP contribution is 2.50. The molecule has 0 aliphatic heterocycles. The Balaban J connectivity index is 2.64. The molecule has 2 rings (SSSR count). The maximum atomic E-state index is 6.95. The molecule has 2 heteroatoms. The van der Waals surface area contributed by atoms with Crippen molar-refractivity contribution in [2.75, 3.05) is 0 Å². The van der Waals surface area contributed by atoms with Gasteiger partial charge in [0.15, 0.2) is 0 Å². The normalized spacial score (nSPS) is 25.6. The molecule has 0 aromatic rings. The van der Waals surface area contributed by atoms with Crippen LogP contribution >= 0.6 is 0 Å². The van der Waals surface area contributed by atoms with Crippen LogP contribution in [0.25, 0.3) is 0 Å². The first-order valence-corrected chi connectivity index (χ1v) is 11.9. The maximum absolute atomic E-state index is 6.95. The minimum atomic E-state index is -1.87. The van der Waals surface area contributed by atoms with Crippen LogP contribution in [-0.2, 0) is 4.74 Å². The topological polar surface area (TPSA) is 9.23 Å². The highest BCUT2D eigenvalue weighted by Gasteiger charge is 2.55. The molecule has 1 unspecified atom stereocenters. The molecule has 0 amide bonds. The Bertz CT molecular complexity index is 576. The lowest BCUT2D eigenvalue weighted by atomic mass is 9.79. The zero-order valence-electron chi connectivity index (χ0n) is 16.3. The van der Waals surface area contributed by atoms with Crippen molar-refractivity contribution in [1.29, 1.82) is 0 Å². The molecule has 0 saturated carbocycles. The number of hydrogen-bond donors (Lipinski definition) is 0. The molecule has 128 valence electrons. The summed E-state index contributed by atoms with van der Waals surface area (Å²) in [6.07, 6.45) is 15.9. The molecule has 0 fully saturated rings. The summed E-state index contributed by atoms with van der Waals surface area (Å²) in [4.78, 5) is 0. The van der Waals surface area contributed by atoms with Crippen LogP contribution < -0.4 is 0 Å². The molecule has 0 bridgehead atoms. The maximum Gasteiger partial charge on any atom is 0.122 e. The van der Waals surface area contributed by atoms with Gasteiger partial charge in [-0.1, -0.05) is 75.5 Å². The van der Waals surface area contributed by atoms with E-state index < -0.39 is 8.07 Å². The van der Waals surface area contributed by atoms with E-state index in [0.29, 0.717) is 0 Å². The molecule has 1 atom stereocenters. The third-order valence-electron chi connectivity index (χ3n) is 5.03. The molecule has 1 nitrogen and oxygen atoms in total. The van der Waals surface area contributed by atoms with Gasteiger partial charge in [-0.3, -0.25) is 0 Å². The first kappa shape index (κ1) is 18.5. The van der Waals surface area contributed by atoms with E-state index in [4.69, 9.17) is 4.74 Å². The average molecular weight is 331 g/mol. The molecular weight excluding hydrogens is 296 g/mol. The highest BCUT2D eigenvalue weighted by atomic mass is 28.3. The van der Waals surface area contributed by atoms with Gasteiger partial charge in [0.2, 0.25) is 0 Å². The molecule has 0 aromatic carbocycles. The molecule has 2 aliphatic rings. The Kier molecular flexibility index (Phi) is 4.73. The largest absolute Gasteiger partial charge is 0.368 e. The van der Waals surface area contributed by atoms with Gasteiger partial charge in [0.25, 0.3) is 0 Å². The summed E-state index contributed by atoms with van der Waals surface area (Å²) in [5.74, 6) is 0. The molecule has 0 radical (unpaired) electrons. The Labute approximate surface area is 144 Å². The zero-order chi connectivity index (χ0) is 17.5. The summed E-state index contributed by atoms with van der Waals surface area (Å²) in [7, 11) is -1.87. The minimum absolute atomic E-state index is 0.100. The van der Waals surface area contributed by atoms with Crippen molar-refractivity contribution < 1.29 is 4.74 Å². The van der Waals surface area contributed by atoms with Gasteiger partial charge in [-0.25, -0.2) is 0 Å². The van der Waals surface area contributed by atoms with E-state index in [1.54, 1.807) is 0 Å². The van der Waals surface area contributed by atoms with E-state index in [1.807, 2.05) is 0 Å². The highest BCUT2D eigenvalue weighted by molar-refractivity contribution is 6.88. The average Bonchev–Trinajstić information content (AvgIpc) is 2.90. The van der Waals surface area contributed by atoms with E-state index >= 15 is 0 Å². The zero-order valence-corrected chi connectivity index (χ0v) is 17.3. The van der Waals surface area contributed by atoms with Gasteiger partial charge in [-0.05, 0) is 44.6 Å². The van der Waals surface area contributed by atoms with E-state index in [2.05, 4.69) is 91.1 Å². The summed E-state index contributed by atoms with van der Waals surface area (Å²) in [6, 6.07) is 0. The smallest absolute Gasteiger partial charge is 0.122 e. The fourth-order valence-electron chi connectivity index (χ4n) is 3.99. The van der Waals surface area contributed by atoms with E-state index in [1.165, 1.54) is 10.8 Å². The number of allylic oxidation sites excluding steroid dienone is 6. The van der Waals surface area contributed by atoms with Crippen LogP contribution in [-0.4, -0.2) is 18.9 Å². The second kappa shape index (κ2) is 5.89. The Hall–Kier alpha value is -0.863. The molecule has 23 heavy (non-hydrogen) atoms. The SMILES string of the molecule is CC(C)(C)OC1([Si](C)(C)C2=CCC=C2)CC=CC=C1C(C)(C)C. The van der Waals surface area contributed by atoms with Crippen molar-refractivity contribution in [2.24, 2.45) is 5.41 Å². The van der Waals surface area contributed by atoms with Crippen LogP contribution in [0.4, 0.5) is 0 Å². The van der Waals surface area contributed by atoms with Crippen LogP contribution in [0.3, 0.4) is 0 Å². The summed E-state index contributed by atoms with van der Waals surface area (Å²) in [5.41, 5.74) is 1.39. The predicted molar refractivity (Wildman–Crippen MR) is 104 cm³/mol. The van der Waals surface area contributed by atoms with Crippen molar-refractivity contribution in [2.45, 2.75) is 78.3 Å². The number of hydrogen-bond acceptors (Lipinski definition) is 1. The van der Waals surface area contributed by atoms with Gasteiger partial charge in [0, 0.05) is 0 Å². The Morgan fingerprint density at radius 3 is 2.17 bits per heavy atom. The van der Waals surface area contributed by atoms with Crippen molar-refractivity contribution in [3.8, 4) is 0 Å². The Morgan fingerprint density at radius 1 is 1.04 bits per heavy atom. The lowest BCUT2D eigenvalue weighted by molar-refractivity contribution is -0.0782. The van der Waals surface area contributed by atoms with Crippen LogP contribution in [0.1, 0.15) is 54.4 Å². The molecule has 0 heterocycles. The first-order chi connectivity index (χ1) is 10.4. The third kappa shape index (κ3) is 3.48. The standard InChI is InChI=1S/C21H34OSi/c1-19(2,3)18-15-11-12-16-21(18,22-20(4,5)6)23(7,8)17-13-9-10-14-17/h9,11-15H,10,16H2,1-8H3. The van der Waals surface area contributed by atoms with Crippen LogP contribution in [0.15, 0.2) is 47.2 Å². The summed E-state index contributed by atoms with van der Waals surface area (Å²) >= 11 is 0. The second-order valence-corrected chi connectivity index (χ2v) is 14.1. The predicted octanol–water partition coefficient (Wildman–Crippen LogP) is 6.15. The quantitative estimate of drug-likeness (QED) is 0.564. The minimum Gasteiger partial charge on any atom is -0.368 e. The lowest BCUT2D eigenvalue weighted by Crippen LogP contribution is -2.63. The molecule has 0 saturated heterocycles. The van der Waals surface area contributed by atoms with Crippen LogP contribution in [0, 0.1) is 5.41 Å². The number of rotatable bonds is 3. The summed E-state index contributed by atoms with van der Waals surface area (Å²) in [6.45, 7) is 18.5. The first-order valence-electron chi connectivity index (χ1n) is 8.85. The molecular formula is C21H34OSi. The molecule has 0 N–H and O–H groups in total. The van der Waals surface area contributed by atoms with Crippen molar-refractivity contribution in [3.05, 3.63) is 47.2 Å². The second-order valence-electron chi connectivity index (χ2n) is 9.43. The van der Waals surface area contributed by atoms with Crippen molar-refractivity contribution in [3.63, 3.8) is 0 Å². The number of ether oxygens (including phenoxy) is 1. The molecule has 2 aliphatic carbocycles. The fourth-order valence-corrected chi connectivity index (χ4v) is 7.94. The van der Waals surface area contributed by atoms with E-state index in [0.717, 1.165) is 12.8 Å². The molecule has 0 spiro atoms. The van der Waals surface area contributed by atoms with E-state index in [9.17, 15) is 0 Å². The van der Waals surface area contributed by atoms with Crippen LogP contribution in [0.5, 0.6) is 0 Å². The van der Waals surface area contributed by atoms with Gasteiger partial charge in [0.1, 0.15) is 8.07 Å². The van der Waals surface area contributed by atoms with Gasteiger partial charge in [0.05, 0.1) is 10.8 Å². The lowest BCUT2D eigenvalue weighted by Gasteiger charge is -2.54. The van der Waals surface area contributed by atoms with E-state index in [-0.39, 0.29) is 16.2 Å². The van der Waals surface area contributed by atoms with Crippen molar-refractivity contribution >= 4 is 8.07 Å². The van der Waals surface area contributed by atoms with Crippen molar-refractivity contribution in [1.82, 2.24) is 0 Å². The van der Waals surface area contributed by atoms with Gasteiger partial charge in [-0.15, -0.1) is 0 Å². The van der Waals surface area contributed by atoms with Gasteiger partial charge in [-0.2, -0.15) is 0 Å². The van der Waals surface area contributed by atoms with Gasteiger partial charge < -0.3 is 4.74 Å². The monoisotopic (exact) mass is 330 g/mol. The third-order valence-corrected chi connectivity index (χ3v) is 9.44. The summed E-state index contributed by atoms with van der Waals surface area (Å²) in [5, 5.41) is 1.35. The summed E-state index contributed by atoms with van der Waals surface area (Å²) < 4.78 is 6.95. The van der Waals surface area contributed by atoms with Crippen LogP contribution in [0.2, 0.25) is 13.1 Å². The van der Waals surface area contributed by atoms with Gasteiger partial charge >= 0.3 is 0 Å². The molecule has 0 aromatic heterocycles. The Morgan fingerprint density at radius 2 is 1.70 bits per heavy atom.